The summed E-state index contributed by atoms with van der Waals surface area (Å²) in [5.74, 6) is -3.66. The first-order valence-electron chi connectivity index (χ1n) is 5.84. The minimum Gasteiger partial charge on any atom is -0.312 e. The molecule has 1 aromatic rings. The van der Waals surface area contributed by atoms with Crippen LogP contribution in [-0.2, 0) is 6.54 Å². The molecule has 0 amide bonds. The molecule has 0 aliphatic heterocycles. The van der Waals surface area contributed by atoms with Crippen molar-refractivity contribution in [3.8, 4) is 0 Å². The molecule has 0 atom stereocenters. The van der Waals surface area contributed by atoms with Crippen LogP contribution >= 0.6 is 0 Å². The van der Waals surface area contributed by atoms with Crippen LogP contribution in [-0.4, -0.2) is 6.54 Å². The third-order valence-electron chi connectivity index (χ3n) is 3.49. The van der Waals surface area contributed by atoms with E-state index in [1.165, 1.54) is 19.3 Å². The molecule has 17 heavy (non-hydrogen) atoms. The SMILES string of the molecule is CC1(CNCc2cc(F)c(F)c(F)c2)CCC1. The van der Waals surface area contributed by atoms with Gasteiger partial charge in [0.25, 0.3) is 0 Å². The Kier molecular flexibility index (Phi) is 3.43. The molecule has 1 aromatic carbocycles. The van der Waals surface area contributed by atoms with Gasteiger partial charge in [-0.05, 0) is 36.0 Å². The summed E-state index contributed by atoms with van der Waals surface area (Å²) in [5, 5.41) is 3.16. The van der Waals surface area contributed by atoms with Gasteiger partial charge in [0, 0.05) is 13.1 Å². The molecule has 1 aliphatic carbocycles. The maximum atomic E-state index is 12.9. The summed E-state index contributed by atoms with van der Waals surface area (Å²) in [6.45, 7) is 3.38. The highest BCUT2D eigenvalue weighted by Crippen LogP contribution is 2.39. The monoisotopic (exact) mass is 243 g/mol. The van der Waals surface area contributed by atoms with Crippen LogP contribution in [0.1, 0.15) is 31.7 Å². The maximum Gasteiger partial charge on any atom is 0.194 e. The Bertz CT molecular complexity index is 390. The van der Waals surface area contributed by atoms with Crippen molar-refractivity contribution in [1.29, 1.82) is 0 Å². The largest absolute Gasteiger partial charge is 0.312 e. The summed E-state index contributed by atoms with van der Waals surface area (Å²) in [4.78, 5) is 0. The second-order valence-corrected chi connectivity index (χ2v) is 5.14. The quantitative estimate of drug-likeness (QED) is 0.799. The highest BCUT2D eigenvalue weighted by molar-refractivity contribution is 5.19. The van der Waals surface area contributed by atoms with Gasteiger partial charge >= 0.3 is 0 Å². The zero-order valence-electron chi connectivity index (χ0n) is 9.82. The van der Waals surface area contributed by atoms with E-state index in [4.69, 9.17) is 0 Å². The molecule has 1 nitrogen and oxygen atoms in total. The van der Waals surface area contributed by atoms with Crippen LogP contribution in [0.15, 0.2) is 12.1 Å². The summed E-state index contributed by atoms with van der Waals surface area (Å²) in [6.07, 6.45) is 3.62. The summed E-state index contributed by atoms with van der Waals surface area (Å²) in [5.41, 5.74) is 0.751. The highest BCUT2D eigenvalue weighted by atomic mass is 19.2. The summed E-state index contributed by atoms with van der Waals surface area (Å²) >= 11 is 0. The predicted octanol–water partition coefficient (Wildman–Crippen LogP) is 3.38. The number of hydrogen-bond donors (Lipinski definition) is 1. The molecule has 2 rings (SSSR count). The van der Waals surface area contributed by atoms with Crippen LogP contribution in [0.3, 0.4) is 0 Å². The van der Waals surface area contributed by atoms with Gasteiger partial charge in [-0.25, -0.2) is 13.2 Å². The average molecular weight is 243 g/mol. The van der Waals surface area contributed by atoms with Gasteiger partial charge < -0.3 is 5.32 Å². The molecule has 0 radical (unpaired) electrons. The number of hydrogen-bond acceptors (Lipinski definition) is 1. The minimum absolute atomic E-state index is 0.317. The summed E-state index contributed by atoms with van der Waals surface area (Å²) < 4.78 is 38.6. The average Bonchev–Trinajstić information content (AvgIpc) is 2.23. The smallest absolute Gasteiger partial charge is 0.194 e. The molecule has 4 heteroatoms. The molecule has 0 unspecified atom stereocenters. The number of benzene rings is 1. The Morgan fingerprint density at radius 2 is 1.76 bits per heavy atom. The van der Waals surface area contributed by atoms with Gasteiger partial charge in [0.1, 0.15) is 0 Å². The van der Waals surface area contributed by atoms with Crippen LogP contribution in [0.2, 0.25) is 0 Å². The Morgan fingerprint density at radius 1 is 1.18 bits per heavy atom. The van der Waals surface area contributed by atoms with E-state index in [-0.39, 0.29) is 0 Å². The zero-order chi connectivity index (χ0) is 12.5. The third-order valence-corrected chi connectivity index (χ3v) is 3.49. The third kappa shape index (κ3) is 2.80. The fourth-order valence-corrected chi connectivity index (χ4v) is 2.18. The first-order chi connectivity index (χ1) is 8.00. The van der Waals surface area contributed by atoms with E-state index in [0.29, 0.717) is 17.5 Å². The topological polar surface area (TPSA) is 12.0 Å². The standard InChI is InChI=1S/C13H16F3N/c1-13(3-2-4-13)8-17-7-9-5-10(14)12(16)11(15)6-9/h5-6,17H,2-4,7-8H2,1H3. The van der Waals surface area contributed by atoms with Crippen LogP contribution in [0.25, 0.3) is 0 Å². The van der Waals surface area contributed by atoms with E-state index in [1.807, 2.05) is 0 Å². The zero-order valence-corrected chi connectivity index (χ0v) is 9.82. The van der Waals surface area contributed by atoms with E-state index in [0.717, 1.165) is 18.7 Å². The summed E-state index contributed by atoms with van der Waals surface area (Å²) in [6, 6.07) is 2.07. The Balaban J connectivity index is 1.90. The van der Waals surface area contributed by atoms with Crippen LogP contribution < -0.4 is 5.32 Å². The van der Waals surface area contributed by atoms with E-state index < -0.39 is 17.5 Å². The van der Waals surface area contributed by atoms with Crippen molar-refractivity contribution < 1.29 is 13.2 Å². The van der Waals surface area contributed by atoms with E-state index in [2.05, 4.69) is 12.2 Å². The summed E-state index contributed by atoms with van der Waals surface area (Å²) in [7, 11) is 0. The Hall–Kier alpha value is -1.03. The van der Waals surface area contributed by atoms with Gasteiger partial charge in [-0.1, -0.05) is 13.3 Å². The van der Waals surface area contributed by atoms with Crippen molar-refractivity contribution in [2.45, 2.75) is 32.7 Å². The fraction of sp³-hybridized carbons (Fsp3) is 0.538. The molecule has 1 fully saturated rings. The molecule has 0 saturated heterocycles. The second-order valence-electron chi connectivity index (χ2n) is 5.14. The number of rotatable bonds is 4. The second kappa shape index (κ2) is 4.69. The Labute approximate surface area is 99.0 Å². The highest BCUT2D eigenvalue weighted by Gasteiger charge is 2.30. The van der Waals surface area contributed by atoms with Gasteiger partial charge in [0.15, 0.2) is 17.5 Å². The van der Waals surface area contributed by atoms with Crippen molar-refractivity contribution in [3.05, 3.63) is 35.1 Å². The van der Waals surface area contributed by atoms with Crippen molar-refractivity contribution in [2.24, 2.45) is 5.41 Å². The first-order valence-corrected chi connectivity index (χ1v) is 5.84. The lowest BCUT2D eigenvalue weighted by Gasteiger charge is -2.38. The molecule has 1 N–H and O–H groups in total. The van der Waals surface area contributed by atoms with E-state index in [9.17, 15) is 13.2 Å². The van der Waals surface area contributed by atoms with Gasteiger partial charge in [-0.2, -0.15) is 0 Å². The van der Waals surface area contributed by atoms with Crippen molar-refractivity contribution in [3.63, 3.8) is 0 Å². The predicted molar refractivity (Wildman–Crippen MR) is 60.0 cm³/mol. The molecule has 0 bridgehead atoms. The first kappa shape index (κ1) is 12.4. The molecular weight excluding hydrogens is 227 g/mol. The fourth-order valence-electron chi connectivity index (χ4n) is 2.18. The molecule has 0 spiro atoms. The lowest BCUT2D eigenvalue weighted by atomic mass is 9.70. The molecule has 0 heterocycles. The lowest BCUT2D eigenvalue weighted by Crippen LogP contribution is -2.37. The normalized spacial score (nSPS) is 17.9. The lowest BCUT2D eigenvalue weighted by molar-refractivity contribution is 0.156. The molecule has 94 valence electrons. The number of nitrogens with one attached hydrogen (secondary N) is 1. The maximum absolute atomic E-state index is 12.9. The molecular formula is C13H16F3N. The van der Waals surface area contributed by atoms with Gasteiger partial charge in [-0.3, -0.25) is 0 Å². The van der Waals surface area contributed by atoms with Gasteiger partial charge in [0.2, 0.25) is 0 Å². The minimum atomic E-state index is -1.40. The van der Waals surface area contributed by atoms with E-state index >= 15 is 0 Å². The van der Waals surface area contributed by atoms with Crippen molar-refractivity contribution in [2.75, 3.05) is 6.54 Å². The van der Waals surface area contributed by atoms with E-state index in [1.54, 1.807) is 0 Å². The van der Waals surface area contributed by atoms with Crippen molar-refractivity contribution >= 4 is 0 Å². The van der Waals surface area contributed by atoms with Crippen LogP contribution in [0.4, 0.5) is 13.2 Å². The Morgan fingerprint density at radius 3 is 2.24 bits per heavy atom. The molecule has 1 saturated carbocycles. The van der Waals surface area contributed by atoms with Crippen LogP contribution in [0.5, 0.6) is 0 Å². The number of halogens is 3. The van der Waals surface area contributed by atoms with Gasteiger partial charge in [-0.15, -0.1) is 0 Å². The molecule has 1 aliphatic rings. The van der Waals surface area contributed by atoms with Crippen LogP contribution in [0, 0.1) is 22.9 Å². The van der Waals surface area contributed by atoms with Crippen molar-refractivity contribution in [1.82, 2.24) is 5.32 Å². The molecule has 0 aromatic heterocycles. The van der Waals surface area contributed by atoms with Gasteiger partial charge in [0.05, 0.1) is 0 Å².